The average Bonchev–Trinajstić information content (AvgIpc) is 3.21. The molecule has 0 spiro atoms. The molecular formula is C24H31F3N8O. The SMILES string of the molecule is CC1(Nc2ncc3nc(Nc4ccnc(C(F)(F)F)c4)n(C4CCC(CN)CC4)c3n2)CCOCC1. The van der Waals surface area contributed by atoms with Gasteiger partial charge in [-0.3, -0.25) is 9.55 Å². The number of ether oxygens (including phenoxy) is 1. The van der Waals surface area contributed by atoms with E-state index in [1.54, 1.807) is 6.20 Å². The van der Waals surface area contributed by atoms with Gasteiger partial charge < -0.3 is 21.1 Å². The van der Waals surface area contributed by atoms with Crippen LogP contribution in [0.2, 0.25) is 0 Å². The van der Waals surface area contributed by atoms with E-state index in [9.17, 15) is 13.2 Å². The van der Waals surface area contributed by atoms with Crippen LogP contribution in [0.15, 0.2) is 24.5 Å². The summed E-state index contributed by atoms with van der Waals surface area (Å²) < 4.78 is 47.2. The summed E-state index contributed by atoms with van der Waals surface area (Å²) >= 11 is 0. The third kappa shape index (κ3) is 5.24. The molecule has 1 saturated carbocycles. The number of halogens is 3. The van der Waals surface area contributed by atoms with Crippen LogP contribution in [0.3, 0.4) is 0 Å². The number of fused-ring (bicyclic) bond motifs is 1. The van der Waals surface area contributed by atoms with Crippen LogP contribution in [0.5, 0.6) is 0 Å². The predicted octanol–water partition coefficient (Wildman–Crippen LogP) is 4.65. The molecule has 1 saturated heterocycles. The standard InChI is InChI=1S/C24H31F3N8O/c1-23(7-10-36-11-8-23)34-21-30-14-18-20(33-21)35(17-4-2-15(13-28)3-5-17)22(32-18)31-16-6-9-29-19(12-16)24(25,26)27/h6,9,12,14-15,17H,2-5,7-8,10-11,13,28H2,1H3,(H,29,31,32)(H,30,33,34). The maximum atomic E-state index is 13.2. The largest absolute Gasteiger partial charge is 0.433 e. The molecule has 2 fully saturated rings. The molecule has 0 aromatic carbocycles. The number of hydrogen-bond acceptors (Lipinski definition) is 8. The van der Waals surface area contributed by atoms with E-state index in [4.69, 9.17) is 15.5 Å². The third-order valence-electron chi connectivity index (χ3n) is 7.26. The first kappa shape index (κ1) is 24.7. The van der Waals surface area contributed by atoms with Crippen molar-refractivity contribution in [3.8, 4) is 0 Å². The Balaban J connectivity index is 1.51. The zero-order valence-corrected chi connectivity index (χ0v) is 20.2. The van der Waals surface area contributed by atoms with Crippen molar-refractivity contribution in [1.29, 1.82) is 0 Å². The minimum absolute atomic E-state index is 0.0886. The summed E-state index contributed by atoms with van der Waals surface area (Å²) in [7, 11) is 0. The lowest BCUT2D eigenvalue weighted by atomic mass is 9.86. The summed E-state index contributed by atoms with van der Waals surface area (Å²) in [6, 6.07) is 2.57. The van der Waals surface area contributed by atoms with Gasteiger partial charge in [-0.05, 0) is 70.0 Å². The molecule has 1 aliphatic carbocycles. The molecule has 2 aliphatic rings. The fourth-order valence-corrected chi connectivity index (χ4v) is 5.03. The molecule has 0 radical (unpaired) electrons. The zero-order chi connectivity index (χ0) is 25.3. The fraction of sp³-hybridized carbons (Fsp3) is 0.583. The number of nitrogens with two attached hydrogens (primary N) is 1. The van der Waals surface area contributed by atoms with Crippen molar-refractivity contribution < 1.29 is 17.9 Å². The van der Waals surface area contributed by atoms with Crippen LogP contribution in [0.4, 0.5) is 30.8 Å². The number of nitrogens with zero attached hydrogens (tertiary/aromatic N) is 5. The molecule has 1 aliphatic heterocycles. The maximum absolute atomic E-state index is 13.2. The number of pyridine rings is 1. The second kappa shape index (κ2) is 9.81. The second-order valence-electron chi connectivity index (χ2n) is 9.97. The summed E-state index contributed by atoms with van der Waals surface area (Å²) in [6.45, 7) is 4.13. The van der Waals surface area contributed by atoms with Gasteiger partial charge in [0.05, 0.1) is 6.20 Å². The molecule has 4 heterocycles. The minimum Gasteiger partial charge on any atom is -0.381 e. The summed E-state index contributed by atoms with van der Waals surface area (Å²) in [5.41, 5.74) is 6.23. The molecule has 3 aromatic heterocycles. The molecule has 4 N–H and O–H groups in total. The van der Waals surface area contributed by atoms with Gasteiger partial charge in [-0.1, -0.05) is 0 Å². The first-order chi connectivity index (χ1) is 17.2. The Morgan fingerprint density at radius 3 is 2.58 bits per heavy atom. The quantitative estimate of drug-likeness (QED) is 0.444. The number of hydrogen-bond donors (Lipinski definition) is 3. The lowest BCUT2D eigenvalue weighted by molar-refractivity contribution is -0.141. The van der Waals surface area contributed by atoms with E-state index in [0.29, 0.717) is 48.7 Å². The summed E-state index contributed by atoms with van der Waals surface area (Å²) in [5.74, 6) is 1.41. The van der Waals surface area contributed by atoms with Crippen LogP contribution in [-0.4, -0.2) is 49.8 Å². The molecule has 36 heavy (non-hydrogen) atoms. The topological polar surface area (TPSA) is 116 Å². The van der Waals surface area contributed by atoms with Gasteiger partial charge in [-0.2, -0.15) is 18.2 Å². The highest BCUT2D eigenvalue weighted by atomic mass is 19.4. The Kier molecular flexibility index (Phi) is 6.73. The third-order valence-corrected chi connectivity index (χ3v) is 7.26. The van der Waals surface area contributed by atoms with Gasteiger partial charge in [0.25, 0.3) is 0 Å². The van der Waals surface area contributed by atoms with Crippen LogP contribution < -0.4 is 16.4 Å². The van der Waals surface area contributed by atoms with Gasteiger partial charge in [0, 0.05) is 36.7 Å². The van der Waals surface area contributed by atoms with Crippen LogP contribution in [0.1, 0.15) is 57.2 Å². The number of alkyl halides is 3. The van der Waals surface area contributed by atoms with E-state index >= 15 is 0 Å². The molecule has 0 unspecified atom stereocenters. The van der Waals surface area contributed by atoms with Crippen LogP contribution >= 0.6 is 0 Å². The summed E-state index contributed by atoms with van der Waals surface area (Å²) in [5, 5.41) is 6.55. The van der Waals surface area contributed by atoms with Gasteiger partial charge >= 0.3 is 6.18 Å². The van der Waals surface area contributed by atoms with Crippen molar-refractivity contribution in [3.63, 3.8) is 0 Å². The molecule has 194 valence electrons. The Morgan fingerprint density at radius 1 is 1.14 bits per heavy atom. The van der Waals surface area contributed by atoms with Crippen molar-refractivity contribution in [2.24, 2.45) is 11.7 Å². The smallest absolute Gasteiger partial charge is 0.381 e. The lowest BCUT2D eigenvalue weighted by Crippen LogP contribution is -2.41. The first-order valence-corrected chi connectivity index (χ1v) is 12.4. The van der Waals surface area contributed by atoms with E-state index in [-0.39, 0.29) is 17.3 Å². The Morgan fingerprint density at radius 2 is 1.89 bits per heavy atom. The number of imidazole rings is 1. The fourth-order valence-electron chi connectivity index (χ4n) is 5.03. The van der Waals surface area contributed by atoms with E-state index in [0.717, 1.165) is 50.8 Å². The lowest BCUT2D eigenvalue weighted by Gasteiger charge is -2.34. The molecule has 12 heteroatoms. The zero-order valence-electron chi connectivity index (χ0n) is 20.2. The predicted molar refractivity (Wildman–Crippen MR) is 130 cm³/mol. The number of nitrogens with one attached hydrogen (secondary N) is 2. The maximum Gasteiger partial charge on any atom is 0.433 e. The Hall–Kier alpha value is -2.99. The van der Waals surface area contributed by atoms with Gasteiger partial charge in [-0.15, -0.1) is 0 Å². The van der Waals surface area contributed by atoms with Crippen LogP contribution in [-0.2, 0) is 10.9 Å². The van der Waals surface area contributed by atoms with Crippen LogP contribution in [0, 0.1) is 5.92 Å². The van der Waals surface area contributed by atoms with Crippen molar-refractivity contribution in [1.82, 2.24) is 24.5 Å². The molecule has 9 nitrogen and oxygen atoms in total. The average molecular weight is 505 g/mol. The second-order valence-corrected chi connectivity index (χ2v) is 9.97. The molecule has 0 amide bonds. The molecule has 0 bridgehead atoms. The first-order valence-electron chi connectivity index (χ1n) is 12.4. The monoisotopic (exact) mass is 504 g/mol. The van der Waals surface area contributed by atoms with Crippen molar-refractivity contribution >= 4 is 28.7 Å². The number of rotatable bonds is 6. The van der Waals surface area contributed by atoms with E-state index in [2.05, 4.69) is 32.5 Å². The van der Waals surface area contributed by atoms with Gasteiger partial charge in [0.15, 0.2) is 5.65 Å². The van der Waals surface area contributed by atoms with Crippen molar-refractivity contribution in [2.45, 2.75) is 63.2 Å². The summed E-state index contributed by atoms with van der Waals surface area (Å²) in [4.78, 5) is 17.4. The number of anilines is 3. The van der Waals surface area contributed by atoms with Gasteiger partial charge in [0.2, 0.25) is 11.9 Å². The van der Waals surface area contributed by atoms with E-state index in [1.165, 1.54) is 6.07 Å². The highest BCUT2D eigenvalue weighted by Crippen LogP contribution is 2.37. The number of aromatic nitrogens is 5. The highest BCUT2D eigenvalue weighted by molar-refractivity contribution is 5.76. The highest BCUT2D eigenvalue weighted by Gasteiger charge is 2.33. The molecular weight excluding hydrogens is 473 g/mol. The van der Waals surface area contributed by atoms with Crippen molar-refractivity contribution in [2.75, 3.05) is 30.4 Å². The van der Waals surface area contributed by atoms with Crippen LogP contribution in [0.25, 0.3) is 11.2 Å². The molecule has 3 aromatic rings. The molecule has 0 atom stereocenters. The Labute approximate surface area is 207 Å². The van der Waals surface area contributed by atoms with Gasteiger partial charge in [0.1, 0.15) is 11.2 Å². The molecule has 5 rings (SSSR count). The normalized spacial score (nSPS) is 22.5. The van der Waals surface area contributed by atoms with Crippen molar-refractivity contribution in [3.05, 3.63) is 30.2 Å². The summed E-state index contributed by atoms with van der Waals surface area (Å²) in [6.07, 6.45) is 3.66. The van der Waals surface area contributed by atoms with E-state index in [1.807, 2.05) is 4.57 Å². The minimum atomic E-state index is -4.54. The Bertz CT molecular complexity index is 1200. The van der Waals surface area contributed by atoms with E-state index < -0.39 is 11.9 Å². The van der Waals surface area contributed by atoms with Gasteiger partial charge in [-0.25, -0.2) is 9.97 Å².